The van der Waals surface area contributed by atoms with Gasteiger partial charge in [0.25, 0.3) is 0 Å². The van der Waals surface area contributed by atoms with Gasteiger partial charge in [-0.3, -0.25) is 19.2 Å². The van der Waals surface area contributed by atoms with Gasteiger partial charge in [0.05, 0.1) is 97.7 Å². The maximum atomic E-state index is 10.7. The molecule has 27 nitrogen and oxygen atoms in total. The summed E-state index contributed by atoms with van der Waals surface area (Å²) in [6.45, 7) is 116. The molecule has 0 unspecified atom stereocenters. The Morgan fingerprint density at radius 1 is 0.446 bits per heavy atom. The van der Waals surface area contributed by atoms with Crippen molar-refractivity contribution in [3.05, 3.63) is 214 Å². The van der Waals surface area contributed by atoms with E-state index in [2.05, 4.69) is 284 Å². The van der Waals surface area contributed by atoms with Gasteiger partial charge in [0.15, 0.2) is 12.0 Å². The first-order chi connectivity index (χ1) is 68.9. The van der Waals surface area contributed by atoms with Crippen LogP contribution in [0.2, 0.25) is 0 Å². The van der Waals surface area contributed by atoms with Crippen molar-refractivity contribution in [1.82, 2.24) is 20.2 Å². The summed E-state index contributed by atoms with van der Waals surface area (Å²) >= 11 is 0. The number of amides is 3. The largest absolute Gasteiger partial charge is 0.478 e. The maximum Gasteiger partial charge on any atom is 0.333 e. The predicted octanol–water partition coefficient (Wildman–Crippen LogP) is 28.2. The zero-order chi connectivity index (χ0) is 118. The SMILES string of the molecule is C=C(C#N)COCC(C)C.C=C(COCC(C)C)C(=O)O.C=C(COCC(C)C)C(N)=O.C=C/C=C/CC(C)C.C=CCC(=O)OCC(C)C.C=CCC(C)C.C=CCCC(C)C.C=CCOCC(C)C.CC(C)=CCC(C)C.CC(C)C/C=C\C#N.CC(C)C/C=C\C(N)=O.CC(C)COC/C=C/C(N)=O.CC(C)Cc1nnn(C)n1.CCOC(=O)/C=C\CC(C)C.COC(=O)/C=C\CC(C)C.[C-]#[N+]/C=C/COCC(C)C. The fourth-order valence-electron chi connectivity index (χ4n) is 7.70. The van der Waals surface area contributed by atoms with E-state index in [0.717, 1.165) is 94.1 Å². The average molecular weight is 2090 g/mol. The highest BCUT2D eigenvalue weighted by molar-refractivity contribution is 5.91. The van der Waals surface area contributed by atoms with Crippen LogP contribution in [0.15, 0.2) is 197 Å². The van der Waals surface area contributed by atoms with Crippen LogP contribution >= 0.6 is 0 Å². The quantitative estimate of drug-likeness (QED) is 0.00688. The van der Waals surface area contributed by atoms with Crippen molar-refractivity contribution in [1.29, 1.82) is 10.5 Å². The molecule has 27 heteroatoms. The molecule has 0 spiro atoms. The van der Waals surface area contributed by atoms with Gasteiger partial charge in [0.2, 0.25) is 17.7 Å². The van der Waals surface area contributed by atoms with Crippen LogP contribution < -0.4 is 17.2 Å². The minimum Gasteiger partial charge on any atom is -0.478 e. The number of nitrogens with two attached hydrogens (primary N) is 3. The number of carbonyl (C=O) groups excluding carboxylic acids is 6. The lowest BCUT2D eigenvalue weighted by molar-refractivity contribution is -0.143. The van der Waals surface area contributed by atoms with Gasteiger partial charge in [0.1, 0.15) is 0 Å². The number of tetrazole rings is 1. The van der Waals surface area contributed by atoms with Crippen LogP contribution in [0.25, 0.3) is 4.85 Å². The Kier molecular flexibility index (Phi) is 155. The fraction of sp³-hybridized carbons (Fsp3) is 0.645. The highest BCUT2D eigenvalue weighted by Crippen LogP contribution is 2.09. The topological polar surface area (TPSA) is 396 Å². The Hall–Kier alpha value is -10.6. The van der Waals surface area contributed by atoms with Crippen molar-refractivity contribution in [3.63, 3.8) is 0 Å². The summed E-state index contributed by atoms with van der Waals surface area (Å²) in [5.74, 6) is 7.65. The number of allylic oxidation sites excluding steroid dienone is 12. The van der Waals surface area contributed by atoms with Gasteiger partial charge in [0, 0.05) is 81.5 Å². The van der Waals surface area contributed by atoms with Gasteiger partial charge in [-0.15, -0.1) is 36.5 Å². The van der Waals surface area contributed by atoms with Crippen LogP contribution in [0.1, 0.15) is 312 Å². The van der Waals surface area contributed by atoms with E-state index in [1.807, 2.05) is 96.2 Å². The molecule has 148 heavy (non-hydrogen) atoms. The van der Waals surface area contributed by atoms with E-state index in [-0.39, 0.29) is 42.6 Å². The lowest BCUT2D eigenvalue weighted by Crippen LogP contribution is -2.17. The predicted molar refractivity (Wildman–Crippen MR) is 625 cm³/mol. The first kappa shape index (κ1) is 171. The van der Waals surface area contributed by atoms with Crippen LogP contribution in [0.5, 0.6) is 0 Å². The maximum absolute atomic E-state index is 10.7. The number of carboxylic acid groups (broad SMARTS) is 1. The lowest BCUT2D eigenvalue weighted by atomic mass is 10.1. The number of aromatic nitrogens is 4. The molecule has 0 aliphatic heterocycles. The zero-order valence-electron chi connectivity index (χ0n) is 100. The normalized spacial score (nSPS) is 10.3. The molecule has 7 N–H and O–H groups in total. The second kappa shape index (κ2) is 134. The summed E-state index contributed by atoms with van der Waals surface area (Å²) < 4.78 is 44.7. The van der Waals surface area contributed by atoms with Crippen molar-refractivity contribution < 1.29 is 81.3 Å². The molecule has 0 aliphatic rings. The molecule has 0 radical (unpaired) electrons. The van der Waals surface area contributed by atoms with Gasteiger partial charge < -0.3 is 64.9 Å². The molecule has 0 bridgehead atoms. The summed E-state index contributed by atoms with van der Waals surface area (Å²) in [6.07, 6.45) is 45.7. The van der Waals surface area contributed by atoms with Gasteiger partial charge in [-0.25, -0.2) is 19.2 Å². The number of ether oxygens (including phenoxy) is 9. The molecule has 0 saturated heterocycles. The molecule has 0 aliphatic carbocycles. The molecule has 856 valence electrons. The number of nitrogens with zero attached hydrogens (tertiary/aromatic N) is 7. The molecule has 1 aromatic heterocycles. The molecule has 1 rings (SSSR count). The van der Waals surface area contributed by atoms with Crippen LogP contribution in [0, 0.1) is 124 Å². The van der Waals surface area contributed by atoms with Crippen LogP contribution in [0.4, 0.5) is 0 Å². The third-order valence-corrected chi connectivity index (χ3v) is 14.9. The minimum atomic E-state index is -0.992. The summed E-state index contributed by atoms with van der Waals surface area (Å²) in [5, 5.41) is 36.3. The number of rotatable bonds is 55. The Morgan fingerprint density at radius 3 is 1.13 bits per heavy atom. The number of carboxylic acids is 1. The van der Waals surface area contributed by atoms with Crippen LogP contribution in [-0.4, -0.2) is 167 Å². The van der Waals surface area contributed by atoms with E-state index in [1.54, 1.807) is 44.4 Å². The molecule has 1 aromatic rings. The third-order valence-electron chi connectivity index (χ3n) is 14.9. The molecule has 3 amide bonds. The van der Waals surface area contributed by atoms with E-state index in [4.69, 9.17) is 77.3 Å². The van der Waals surface area contributed by atoms with E-state index >= 15 is 0 Å². The van der Waals surface area contributed by atoms with Gasteiger partial charge in [-0.05, 0) is 185 Å². The van der Waals surface area contributed by atoms with E-state index < -0.39 is 17.8 Å². The number of aliphatic carboxylic acids is 1. The third kappa shape index (κ3) is 229. The molecule has 0 saturated carbocycles. The average Bonchev–Trinajstić information content (AvgIpc) is 1.79. The Labute approximate surface area is 906 Å². The lowest BCUT2D eigenvalue weighted by Gasteiger charge is -2.05. The van der Waals surface area contributed by atoms with E-state index in [9.17, 15) is 33.6 Å². The number of esters is 3. The number of hydrogen-bond acceptors (Lipinski definition) is 21. The van der Waals surface area contributed by atoms with Gasteiger partial charge in [-0.2, -0.15) is 15.3 Å². The van der Waals surface area contributed by atoms with E-state index in [0.29, 0.717) is 155 Å². The van der Waals surface area contributed by atoms with Gasteiger partial charge in [-0.1, -0.05) is 339 Å². The molecule has 0 fully saturated rings. The number of hydrogen-bond donors (Lipinski definition) is 4. The zero-order valence-corrected chi connectivity index (χ0v) is 100. The summed E-state index contributed by atoms with van der Waals surface area (Å²) in [5.41, 5.74) is 17.0. The van der Waals surface area contributed by atoms with Crippen molar-refractivity contribution in [2.24, 2.45) is 119 Å². The number of carbonyl (C=O) groups is 7. The molecule has 1 heterocycles. The molecular formula is C121H220N10O17. The number of methoxy groups -OCH3 is 1. The van der Waals surface area contributed by atoms with Crippen molar-refractivity contribution >= 4 is 41.6 Å². The van der Waals surface area contributed by atoms with Crippen molar-refractivity contribution in [2.75, 3.05) is 99.6 Å². The van der Waals surface area contributed by atoms with Crippen LogP contribution in [0.3, 0.4) is 0 Å². The van der Waals surface area contributed by atoms with Gasteiger partial charge >= 0.3 is 23.9 Å². The number of nitriles is 2. The van der Waals surface area contributed by atoms with Crippen molar-refractivity contribution in [2.45, 2.75) is 313 Å². The van der Waals surface area contributed by atoms with Crippen molar-refractivity contribution in [3.8, 4) is 12.1 Å². The fourth-order valence-corrected chi connectivity index (χ4v) is 7.70. The second-order valence-corrected chi connectivity index (χ2v) is 40.4. The summed E-state index contributed by atoms with van der Waals surface area (Å²) in [4.78, 5) is 77.3. The molecule has 0 aromatic carbocycles. The Balaban J connectivity index is -0.0000000983. The molecular weight excluding hydrogens is 1870 g/mol. The molecule has 0 atom stereocenters. The second-order valence-electron chi connectivity index (χ2n) is 40.4. The first-order valence-corrected chi connectivity index (χ1v) is 52.1. The minimum absolute atomic E-state index is 0.102. The highest BCUT2D eigenvalue weighted by atomic mass is 16.5. The van der Waals surface area contributed by atoms with E-state index in [1.165, 1.54) is 66.9 Å². The van der Waals surface area contributed by atoms with Crippen LogP contribution in [-0.2, 0) is 89.7 Å². The first-order valence-electron chi connectivity index (χ1n) is 52.1. The highest BCUT2D eigenvalue weighted by Gasteiger charge is 2.07. The standard InChI is InChI=1S/C9H16O2.2C8H15NO2.2C8H13NO.C8H14O3.2C8H14O2.C8H16.C8H14.C7H13NO.C7H11N.C7H14O.C7H14.C6H12N4.C6H12/c1-4-11-9(10)7-5-6-8(2)3;1-6(2)4-11-5-7(3)8(9)10;1-7(2)6-11-5-3-4-8(9)10;1-7(2)5-10-6-8(3)4-9;1-8(2)7-10-6-4-5-9-3;1-6(2)4-11-5-7(3)8(9)10;1-7(2)5-4-6-8(9)10-3;1-4-5-8(9)10-6-7(2)3;1-7(2)5-6-8(3)4;1-4-5-6-7-8(2)3;1-6(2)4-3-5-7(8)9;1-7(2)5-3-4-6-8;1-4-5-8-6-7(2)3;1-4-5-6-7(2)3;1-5(2)4-6-7-9-10(3)8-6;1-4-5-6(2)3/h5,7-8H,4,6H2,1-3H3;6H,3-5H2,1-2H3,(H2,9,10);3-4,7H,5-6H2,1-2H3,(H2,9,10);7H,3,5-6H2,1-2H3;4-5,8H,6-7H2,1-2H3;6H,3-5H2,1-2H3,(H,9,10);4,6-7H,5H2,1-3H3;4,7H,1,5-6H2,2-3H3;5,8H,6H2,1-4H3;4-6,8H,1,7H2,2-3H3;3,5-6H,4H2,1-2H3,(H2,8,9);3-4,7H,5H2,1-2H3;4,7H,1,5-6H2,2-3H3;4,7H,1,5-6H2,2-3H3;5H,4H2,1-3H3;4,6H,1,5H2,2-3H3/b7-5-;;4-3+;;5-4+;;6-4-;;;6-5+;5-3-;4-3-;;;;. The number of aryl methyl sites for hydroxylation is 1. The number of primary amides is 3. The monoisotopic (exact) mass is 2090 g/mol. The Bertz CT molecular complexity index is 3670. The smallest absolute Gasteiger partial charge is 0.333 e. The summed E-state index contributed by atoms with van der Waals surface area (Å²) in [7, 11) is 3.15. The Morgan fingerprint density at radius 2 is 0.831 bits per heavy atom. The summed E-state index contributed by atoms with van der Waals surface area (Å²) in [6, 6.07) is 3.86.